The molecule has 6 nitrogen and oxygen atoms in total. The van der Waals surface area contributed by atoms with Crippen molar-refractivity contribution in [3.05, 3.63) is 34.4 Å². The number of nitrogens with one attached hydrogen (secondary N) is 2. The molecule has 0 radical (unpaired) electrons. The summed E-state index contributed by atoms with van der Waals surface area (Å²) in [6, 6.07) is 1.97. The summed E-state index contributed by atoms with van der Waals surface area (Å²) in [5.41, 5.74) is 1.84. The van der Waals surface area contributed by atoms with Gasteiger partial charge in [0.05, 0.1) is 17.9 Å². The van der Waals surface area contributed by atoms with Crippen molar-refractivity contribution in [2.24, 2.45) is 0 Å². The smallest absolute Gasteiger partial charge is 0.348 e. The van der Waals surface area contributed by atoms with Gasteiger partial charge in [-0.3, -0.25) is 4.68 Å². The lowest BCUT2D eigenvalue weighted by molar-refractivity contribution is -0.142. The molecule has 0 saturated carbocycles. The van der Waals surface area contributed by atoms with Gasteiger partial charge < -0.3 is 10.6 Å². The van der Waals surface area contributed by atoms with E-state index in [1.807, 2.05) is 10.7 Å². The number of hydrogen-bond donors (Lipinski definition) is 2. The summed E-state index contributed by atoms with van der Waals surface area (Å²) in [6.45, 7) is 2.85. The van der Waals surface area contributed by atoms with Crippen LogP contribution in [0, 0.1) is 0 Å². The lowest BCUT2D eigenvalue weighted by Gasteiger charge is -2.20. The molecule has 0 fully saturated rings. The standard InChI is InChI=1S/C17H21F3N6.ClH/c18-17(19,20)15-13-4-1-2-5-14(13)23-16(24-15)22-9-11-8-12-10-21-6-3-7-26(12)25-11;/h8,21H,1-7,9-10H2,(H,22,23,24);1H. The van der Waals surface area contributed by atoms with Crippen LogP contribution in [0.15, 0.2) is 6.07 Å². The molecule has 0 spiro atoms. The van der Waals surface area contributed by atoms with E-state index >= 15 is 0 Å². The van der Waals surface area contributed by atoms with Gasteiger partial charge in [-0.1, -0.05) is 0 Å². The molecule has 0 aromatic carbocycles. The van der Waals surface area contributed by atoms with Crippen molar-refractivity contribution in [2.75, 3.05) is 11.9 Å². The summed E-state index contributed by atoms with van der Waals surface area (Å²) in [6.07, 6.45) is -0.879. The number of fused-ring (bicyclic) bond motifs is 2. The molecule has 0 saturated heterocycles. The summed E-state index contributed by atoms with van der Waals surface area (Å²) >= 11 is 0. The van der Waals surface area contributed by atoms with Crippen LogP contribution in [-0.4, -0.2) is 26.3 Å². The SMILES string of the molecule is Cl.FC(F)(F)c1nc(NCc2cc3n(n2)CCCNC3)nc2c1CCCC2. The van der Waals surface area contributed by atoms with Crippen LogP contribution in [-0.2, 0) is 38.7 Å². The molecule has 3 heterocycles. The predicted molar refractivity (Wildman–Crippen MR) is 96.8 cm³/mol. The first-order chi connectivity index (χ1) is 12.5. The van der Waals surface area contributed by atoms with Crippen molar-refractivity contribution >= 4 is 18.4 Å². The van der Waals surface area contributed by atoms with E-state index in [4.69, 9.17) is 0 Å². The minimum absolute atomic E-state index is 0. The van der Waals surface area contributed by atoms with E-state index in [1.54, 1.807) is 0 Å². The number of rotatable bonds is 3. The third-order valence-electron chi connectivity index (χ3n) is 4.82. The second kappa shape index (κ2) is 8.02. The Balaban J connectivity index is 0.00000210. The highest BCUT2D eigenvalue weighted by atomic mass is 35.5. The lowest BCUT2D eigenvalue weighted by atomic mass is 9.94. The molecule has 0 bridgehead atoms. The van der Waals surface area contributed by atoms with Crippen molar-refractivity contribution < 1.29 is 13.2 Å². The Morgan fingerprint density at radius 3 is 2.78 bits per heavy atom. The van der Waals surface area contributed by atoms with Crippen LogP contribution in [0.4, 0.5) is 19.1 Å². The Kier molecular flexibility index (Phi) is 5.90. The first-order valence-corrected chi connectivity index (χ1v) is 8.98. The summed E-state index contributed by atoms with van der Waals surface area (Å²) in [5.74, 6) is 0.0271. The van der Waals surface area contributed by atoms with E-state index in [9.17, 15) is 13.2 Å². The first kappa shape index (κ1) is 19.9. The van der Waals surface area contributed by atoms with Crippen LogP contribution in [0.2, 0.25) is 0 Å². The van der Waals surface area contributed by atoms with Gasteiger partial charge in [-0.2, -0.15) is 18.3 Å². The third-order valence-corrected chi connectivity index (χ3v) is 4.82. The lowest BCUT2D eigenvalue weighted by Crippen LogP contribution is -2.20. The highest BCUT2D eigenvalue weighted by molar-refractivity contribution is 5.85. The summed E-state index contributed by atoms with van der Waals surface area (Å²) in [4.78, 5) is 8.11. The maximum atomic E-state index is 13.4. The second-order valence-electron chi connectivity index (χ2n) is 6.76. The zero-order valence-corrected chi connectivity index (χ0v) is 15.6. The Labute approximate surface area is 161 Å². The Hall–Kier alpha value is -1.87. The van der Waals surface area contributed by atoms with Gasteiger partial charge in [-0.05, 0) is 44.7 Å². The van der Waals surface area contributed by atoms with Crippen LogP contribution in [0.5, 0.6) is 0 Å². The van der Waals surface area contributed by atoms with Gasteiger partial charge in [0, 0.05) is 24.3 Å². The fraction of sp³-hybridized carbons (Fsp3) is 0.588. The van der Waals surface area contributed by atoms with Gasteiger partial charge in [0.25, 0.3) is 0 Å². The number of aryl methyl sites for hydroxylation is 2. The molecular weight excluding hydrogens is 381 g/mol. The van der Waals surface area contributed by atoms with E-state index in [-0.39, 0.29) is 23.9 Å². The molecule has 2 aromatic rings. The van der Waals surface area contributed by atoms with Crippen molar-refractivity contribution in [1.82, 2.24) is 25.1 Å². The highest BCUT2D eigenvalue weighted by Gasteiger charge is 2.38. The number of nitrogens with zero attached hydrogens (tertiary/aromatic N) is 4. The predicted octanol–water partition coefficient (Wildman–Crippen LogP) is 3.10. The summed E-state index contributed by atoms with van der Waals surface area (Å²) < 4.78 is 42.1. The van der Waals surface area contributed by atoms with Crippen LogP contribution in [0.25, 0.3) is 0 Å². The van der Waals surface area contributed by atoms with Gasteiger partial charge in [-0.25, -0.2) is 9.97 Å². The van der Waals surface area contributed by atoms with Crippen molar-refractivity contribution in [1.29, 1.82) is 0 Å². The quantitative estimate of drug-likeness (QED) is 0.825. The molecule has 2 aliphatic rings. The third kappa shape index (κ3) is 4.35. The maximum absolute atomic E-state index is 13.4. The van der Waals surface area contributed by atoms with Crippen molar-refractivity contribution in [3.63, 3.8) is 0 Å². The van der Waals surface area contributed by atoms with Gasteiger partial charge in [0.2, 0.25) is 5.95 Å². The molecule has 0 amide bonds. The van der Waals surface area contributed by atoms with Gasteiger partial charge >= 0.3 is 6.18 Å². The fourth-order valence-corrected chi connectivity index (χ4v) is 3.58. The minimum atomic E-state index is -4.46. The molecule has 1 aliphatic heterocycles. The number of alkyl halides is 3. The largest absolute Gasteiger partial charge is 0.433 e. The fourth-order valence-electron chi connectivity index (χ4n) is 3.58. The van der Waals surface area contributed by atoms with Crippen molar-refractivity contribution in [3.8, 4) is 0 Å². The first-order valence-electron chi connectivity index (χ1n) is 8.98. The molecule has 2 aromatic heterocycles. The van der Waals surface area contributed by atoms with Crippen LogP contribution < -0.4 is 10.6 Å². The van der Waals surface area contributed by atoms with E-state index in [1.165, 1.54) is 0 Å². The zero-order valence-electron chi connectivity index (χ0n) is 14.8. The topological polar surface area (TPSA) is 67.7 Å². The molecule has 0 unspecified atom stereocenters. The second-order valence-corrected chi connectivity index (χ2v) is 6.76. The molecule has 10 heteroatoms. The van der Waals surface area contributed by atoms with Crippen LogP contribution >= 0.6 is 12.4 Å². The Bertz CT molecular complexity index is 781. The minimum Gasteiger partial charge on any atom is -0.348 e. The summed E-state index contributed by atoms with van der Waals surface area (Å²) in [7, 11) is 0. The molecule has 27 heavy (non-hydrogen) atoms. The number of hydrogen-bond acceptors (Lipinski definition) is 5. The molecule has 148 valence electrons. The van der Waals surface area contributed by atoms with E-state index in [2.05, 4.69) is 25.7 Å². The molecule has 1 aliphatic carbocycles. The Morgan fingerprint density at radius 2 is 1.96 bits per heavy atom. The number of anilines is 1. The van der Waals surface area contributed by atoms with Crippen molar-refractivity contribution in [2.45, 2.75) is 57.9 Å². The van der Waals surface area contributed by atoms with E-state index in [0.717, 1.165) is 50.3 Å². The maximum Gasteiger partial charge on any atom is 0.433 e. The summed E-state index contributed by atoms with van der Waals surface area (Å²) in [5, 5.41) is 10.8. The van der Waals surface area contributed by atoms with Crippen LogP contribution in [0.1, 0.15) is 47.6 Å². The van der Waals surface area contributed by atoms with Gasteiger partial charge in [-0.15, -0.1) is 12.4 Å². The van der Waals surface area contributed by atoms with Gasteiger partial charge in [0.15, 0.2) is 5.69 Å². The number of aromatic nitrogens is 4. The monoisotopic (exact) mass is 402 g/mol. The van der Waals surface area contributed by atoms with Gasteiger partial charge in [0.1, 0.15) is 0 Å². The van der Waals surface area contributed by atoms with E-state index in [0.29, 0.717) is 25.1 Å². The average molecular weight is 403 g/mol. The van der Waals surface area contributed by atoms with E-state index < -0.39 is 11.9 Å². The van der Waals surface area contributed by atoms with Crippen LogP contribution in [0.3, 0.4) is 0 Å². The Morgan fingerprint density at radius 1 is 1.15 bits per heavy atom. The molecule has 2 N–H and O–H groups in total. The molecular formula is C17H22ClF3N6. The average Bonchev–Trinajstić information content (AvgIpc) is 2.87. The molecule has 0 atom stereocenters. The highest BCUT2D eigenvalue weighted by Crippen LogP contribution is 2.35. The molecule has 4 rings (SSSR count). The normalized spacial score (nSPS) is 16.7. The number of halogens is 4. The zero-order chi connectivity index (χ0) is 18.1.